The van der Waals surface area contributed by atoms with Gasteiger partial charge < -0.3 is 9.13 Å². The molecule has 0 aliphatic rings. The van der Waals surface area contributed by atoms with Gasteiger partial charge in [0.25, 0.3) is 0 Å². The first-order valence-electron chi connectivity index (χ1n) is 16.6. The lowest BCUT2D eigenvalue weighted by molar-refractivity contribution is 1.15. The maximum absolute atomic E-state index is 2.45. The Bertz CT molecular complexity index is 2760. The molecule has 0 aliphatic carbocycles. The minimum Gasteiger partial charge on any atom is -0.309 e. The molecular formula is C46H28N2. The predicted molar refractivity (Wildman–Crippen MR) is 203 cm³/mol. The van der Waals surface area contributed by atoms with Gasteiger partial charge in [-0.25, -0.2) is 0 Å². The van der Waals surface area contributed by atoms with Crippen molar-refractivity contribution in [1.82, 2.24) is 9.13 Å². The summed E-state index contributed by atoms with van der Waals surface area (Å²) in [5.41, 5.74) is 12.2. The van der Waals surface area contributed by atoms with Crippen LogP contribution in [0.3, 0.4) is 0 Å². The van der Waals surface area contributed by atoms with Crippen LogP contribution in [0.4, 0.5) is 0 Å². The van der Waals surface area contributed by atoms with Crippen LogP contribution in [-0.4, -0.2) is 9.13 Å². The van der Waals surface area contributed by atoms with Crippen LogP contribution in [0, 0.1) is 0 Å². The molecule has 0 saturated carbocycles. The van der Waals surface area contributed by atoms with Gasteiger partial charge in [-0.05, 0) is 104 Å². The van der Waals surface area contributed by atoms with Crippen molar-refractivity contribution in [3.63, 3.8) is 0 Å². The van der Waals surface area contributed by atoms with Crippen molar-refractivity contribution in [3.05, 3.63) is 170 Å². The second-order valence-corrected chi connectivity index (χ2v) is 13.0. The third-order valence-electron chi connectivity index (χ3n) is 10.4. The van der Waals surface area contributed by atoms with Gasteiger partial charge in [0, 0.05) is 32.9 Å². The lowest BCUT2D eigenvalue weighted by Crippen LogP contribution is -1.97. The molecule has 11 rings (SSSR count). The Morgan fingerprint density at radius 3 is 1.08 bits per heavy atom. The summed E-state index contributed by atoms with van der Waals surface area (Å²) in [4.78, 5) is 0. The fourth-order valence-electron chi connectivity index (χ4n) is 8.29. The van der Waals surface area contributed by atoms with Gasteiger partial charge in [-0.3, -0.25) is 0 Å². The molecule has 2 heterocycles. The SMILES string of the molecule is c1ccc(-c2cc3ccc4cccc5c4c3c(c2)n5-c2ccc(-n3c4cccc5ccc6cc(-c7ccccc7)cc3c6c54)cc2)cc1. The lowest BCUT2D eigenvalue weighted by atomic mass is 9.97. The van der Waals surface area contributed by atoms with Crippen molar-refractivity contribution < 1.29 is 0 Å². The largest absolute Gasteiger partial charge is 0.309 e. The van der Waals surface area contributed by atoms with Crippen LogP contribution in [-0.2, 0) is 0 Å². The first-order valence-corrected chi connectivity index (χ1v) is 16.6. The quantitative estimate of drug-likeness (QED) is 0.176. The molecule has 0 saturated heterocycles. The van der Waals surface area contributed by atoms with Gasteiger partial charge in [0.1, 0.15) is 0 Å². The smallest absolute Gasteiger partial charge is 0.0553 e. The van der Waals surface area contributed by atoms with E-state index in [2.05, 4.69) is 179 Å². The number of aromatic nitrogens is 2. The number of rotatable bonds is 4. The predicted octanol–water partition coefficient (Wildman–Crippen LogP) is 12.4. The van der Waals surface area contributed by atoms with E-state index in [0.29, 0.717) is 0 Å². The molecule has 9 aromatic carbocycles. The van der Waals surface area contributed by atoms with Gasteiger partial charge >= 0.3 is 0 Å². The zero-order chi connectivity index (χ0) is 31.3. The van der Waals surface area contributed by atoms with Crippen LogP contribution < -0.4 is 0 Å². The first-order chi connectivity index (χ1) is 23.8. The molecule has 0 bridgehead atoms. The van der Waals surface area contributed by atoms with E-state index in [-0.39, 0.29) is 0 Å². The minimum absolute atomic E-state index is 1.16. The monoisotopic (exact) mass is 608 g/mol. The van der Waals surface area contributed by atoms with E-state index in [1.807, 2.05) is 0 Å². The molecule has 2 aromatic heterocycles. The van der Waals surface area contributed by atoms with Crippen LogP contribution in [0.5, 0.6) is 0 Å². The van der Waals surface area contributed by atoms with E-state index >= 15 is 0 Å². The Morgan fingerprint density at radius 2 is 0.646 bits per heavy atom. The highest BCUT2D eigenvalue weighted by Gasteiger charge is 2.20. The Kier molecular flexibility index (Phi) is 5.14. The van der Waals surface area contributed by atoms with Crippen molar-refractivity contribution in [1.29, 1.82) is 0 Å². The van der Waals surface area contributed by atoms with Crippen LogP contribution >= 0.6 is 0 Å². The van der Waals surface area contributed by atoms with Gasteiger partial charge in [0.2, 0.25) is 0 Å². The molecule has 0 atom stereocenters. The van der Waals surface area contributed by atoms with Gasteiger partial charge in [-0.15, -0.1) is 0 Å². The van der Waals surface area contributed by atoms with E-state index in [1.54, 1.807) is 0 Å². The van der Waals surface area contributed by atoms with Gasteiger partial charge in [-0.1, -0.05) is 109 Å². The Labute approximate surface area is 277 Å². The third kappa shape index (κ3) is 3.52. The summed E-state index contributed by atoms with van der Waals surface area (Å²) in [6, 6.07) is 62.5. The second kappa shape index (κ2) is 9.57. The molecule has 0 N–H and O–H groups in total. The molecule has 2 nitrogen and oxygen atoms in total. The molecule has 0 spiro atoms. The summed E-state index contributed by atoms with van der Waals surface area (Å²) in [6.07, 6.45) is 0. The summed E-state index contributed by atoms with van der Waals surface area (Å²) in [7, 11) is 0. The Hall–Kier alpha value is -6.38. The summed E-state index contributed by atoms with van der Waals surface area (Å²) >= 11 is 0. The summed E-state index contributed by atoms with van der Waals surface area (Å²) in [5, 5.41) is 10.4. The summed E-state index contributed by atoms with van der Waals surface area (Å²) in [5.74, 6) is 0. The molecule has 0 fully saturated rings. The average molecular weight is 609 g/mol. The lowest BCUT2D eigenvalue weighted by Gasteiger charge is -2.13. The summed E-state index contributed by atoms with van der Waals surface area (Å²) in [6.45, 7) is 0. The van der Waals surface area contributed by atoms with E-state index in [4.69, 9.17) is 0 Å². The van der Waals surface area contributed by atoms with Crippen LogP contribution in [0.15, 0.2) is 170 Å². The highest BCUT2D eigenvalue weighted by atomic mass is 15.0. The maximum atomic E-state index is 2.45. The molecule has 0 aliphatic heterocycles. The number of hydrogen-bond acceptors (Lipinski definition) is 0. The Balaban J connectivity index is 1.15. The van der Waals surface area contributed by atoms with E-state index in [1.165, 1.54) is 87.4 Å². The van der Waals surface area contributed by atoms with E-state index < -0.39 is 0 Å². The maximum Gasteiger partial charge on any atom is 0.0553 e. The highest BCUT2D eigenvalue weighted by Crippen LogP contribution is 2.43. The van der Waals surface area contributed by atoms with Crippen molar-refractivity contribution in [2.45, 2.75) is 0 Å². The topological polar surface area (TPSA) is 9.86 Å². The van der Waals surface area contributed by atoms with Crippen molar-refractivity contribution in [3.8, 4) is 33.6 Å². The third-order valence-corrected chi connectivity index (χ3v) is 10.4. The summed E-state index contributed by atoms with van der Waals surface area (Å²) < 4.78 is 4.91. The molecule has 11 aromatic rings. The molecule has 2 heteroatoms. The molecule has 0 amide bonds. The van der Waals surface area contributed by atoms with Crippen LogP contribution in [0.1, 0.15) is 0 Å². The molecule has 0 radical (unpaired) electrons. The normalized spacial score (nSPS) is 12.2. The Morgan fingerprint density at radius 1 is 0.250 bits per heavy atom. The van der Waals surface area contributed by atoms with E-state index in [0.717, 1.165) is 11.4 Å². The van der Waals surface area contributed by atoms with Gasteiger partial charge in [0.15, 0.2) is 0 Å². The zero-order valence-electron chi connectivity index (χ0n) is 26.1. The van der Waals surface area contributed by atoms with Crippen molar-refractivity contribution >= 4 is 65.2 Å². The average Bonchev–Trinajstić information content (AvgIpc) is 3.68. The minimum atomic E-state index is 1.16. The van der Waals surface area contributed by atoms with E-state index in [9.17, 15) is 0 Å². The van der Waals surface area contributed by atoms with Crippen LogP contribution in [0.25, 0.3) is 98.8 Å². The fraction of sp³-hybridized carbons (Fsp3) is 0. The standard InChI is InChI=1S/C46H28N2/c1-3-9-29(10-4-1)35-25-33-19-17-31-13-7-15-39-43(31)45(33)41(27-35)47(39)37-21-23-38(24-22-37)48-40-16-8-14-32-18-20-34-26-36(30-11-5-2-6-12-30)28-42(48)46(34)44(32)40/h1-28H. The fourth-order valence-corrected chi connectivity index (χ4v) is 8.29. The first kappa shape index (κ1) is 25.8. The second-order valence-electron chi connectivity index (χ2n) is 13.0. The molecule has 222 valence electrons. The van der Waals surface area contributed by atoms with Crippen LogP contribution in [0.2, 0.25) is 0 Å². The molecule has 48 heavy (non-hydrogen) atoms. The van der Waals surface area contributed by atoms with Gasteiger partial charge in [0.05, 0.1) is 22.1 Å². The van der Waals surface area contributed by atoms with Crippen molar-refractivity contribution in [2.75, 3.05) is 0 Å². The zero-order valence-corrected chi connectivity index (χ0v) is 26.1. The molecule has 0 unspecified atom stereocenters. The van der Waals surface area contributed by atoms with Gasteiger partial charge in [-0.2, -0.15) is 0 Å². The van der Waals surface area contributed by atoms with Crippen molar-refractivity contribution in [2.24, 2.45) is 0 Å². The number of benzene rings is 9. The number of hydrogen-bond donors (Lipinski definition) is 0. The highest BCUT2D eigenvalue weighted by molar-refractivity contribution is 6.26. The number of nitrogens with zero attached hydrogens (tertiary/aromatic N) is 2. The molecular weight excluding hydrogens is 581 g/mol.